The molecule has 0 saturated heterocycles. The van der Waals surface area contributed by atoms with Gasteiger partial charge in [-0.05, 0) is 36.1 Å². The minimum absolute atomic E-state index is 0.0868. The summed E-state index contributed by atoms with van der Waals surface area (Å²) in [4.78, 5) is 11.7. The highest BCUT2D eigenvalue weighted by molar-refractivity contribution is 5.81. The second kappa shape index (κ2) is 7.09. The van der Waals surface area contributed by atoms with E-state index in [-0.39, 0.29) is 17.6 Å². The van der Waals surface area contributed by atoms with Gasteiger partial charge in [-0.15, -0.1) is 0 Å². The number of hydrogen-bond donors (Lipinski definition) is 2. The van der Waals surface area contributed by atoms with E-state index in [1.54, 1.807) is 6.07 Å². The molecule has 0 saturated carbocycles. The number of ether oxygens (including phenoxy) is 1. The lowest BCUT2D eigenvalue weighted by Gasteiger charge is -2.15. The van der Waals surface area contributed by atoms with Gasteiger partial charge in [0, 0.05) is 6.54 Å². The van der Waals surface area contributed by atoms with Crippen LogP contribution in [0, 0.1) is 11.7 Å². The fourth-order valence-corrected chi connectivity index (χ4v) is 1.68. The van der Waals surface area contributed by atoms with Crippen molar-refractivity contribution >= 4 is 5.91 Å². The van der Waals surface area contributed by atoms with Gasteiger partial charge in [-0.1, -0.05) is 13.8 Å². The van der Waals surface area contributed by atoms with Crippen molar-refractivity contribution in [1.82, 2.24) is 5.32 Å². The molecule has 3 N–H and O–H groups in total. The van der Waals surface area contributed by atoms with Gasteiger partial charge in [0.05, 0.1) is 13.2 Å². The van der Waals surface area contributed by atoms with Crippen LogP contribution in [0.2, 0.25) is 0 Å². The van der Waals surface area contributed by atoms with E-state index in [4.69, 9.17) is 10.5 Å². The van der Waals surface area contributed by atoms with Gasteiger partial charge in [0.25, 0.3) is 0 Å². The highest BCUT2D eigenvalue weighted by Crippen LogP contribution is 2.19. The molecular formula is C14H21FN2O2. The number of rotatable bonds is 6. The minimum atomic E-state index is -0.519. The Morgan fingerprint density at radius 3 is 2.74 bits per heavy atom. The predicted octanol–water partition coefficient (Wildman–Crippen LogP) is 1.48. The monoisotopic (exact) mass is 268 g/mol. The van der Waals surface area contributed by atoms with Crippen molar-refractivity contribution in [2.75, 3.05) is 13.7 Å². The fraction of sp³-hybridized carbons (Fsp3) is 0.500. The number of benzene rings is 1. The summed E-state index contributed by atoms with van der Waals surface area (Å²) >= 11 is 0. The van der Waals surface area contributed by atoms with Crippen molar-refractivity contribution in [3.8, 4) is 5.75 Å². The molecule has 1 rings (SSSR count). The first-order chi connectivity index (χ1) is 8.95. The Morgan fingerprint density at radius 1 is 1.47 bits per heavy atom. The van der Waals surface area contributed by atoms with Crippen LogP contribution in [-0.4, -0.2) is 25.6 Å². The van der Waals surface area contributed by atoms with E-state index in [0.29, 0.717) is 18.7 Å². The molecule has 5 heteroatoms. The van der Waals surface area contributed by atoms with Crippen LogP contribution < -0.4 is 15.8 Å². The third-order valence-corrected chi connectivity index (χ3v) is 2.96. The molecule has 1 atom stereocenters. The maximum atomic E-state index is 13.1. The van der Waals surface area contributed by atoms with Gasteiger partial charge in [0.2, 0.25) is 5.91 Å². The number of amides is 1. The summed E-state index contributed by atoms with van der Waals surface area (Å²) in [6.45, 7) is 4.18. The molecule has 1 amide bonds. The zero-order valence-corrected chi connectivity index (χ0v) is 11.6. The number of methoxy groups -OCH3 is 1. The minimum Gasteiger partial charge on any atom is -0.496 e. The summed E-state index contributed by atoms with van der Waals surface area (Å²) in [6, 6.07) is 3.81. The summed E-state index contributed by atoms with van der Waals surface area (Å²) in [5, 5.41) is 2.74. The van der Waals surface area contributed by atoms with Gasteiger partial charge in [-0.2, -0.15) is 0 Å². The second-order valence-electron chi connectivity index (χ2n) is 4.77. The van der Waals surface area contributed by atoms with Crippen molar-refractivity contribution in [1.29, 1.82) is 0 Å². The van der Waals surface area contributed by atoms with Gasteiger partial charge in [-0.3, -0.25) is 4.79 Å². The van der Waals surface area contributed by atoms with Crippen LogP contribution in [0.4, 0.5) is 4.39 Å². The molecule has 0 bridgehead atoms. The molecule has 1 aromatic carbocycles. The van der Waals surface area contributed by atoms with E-state index in [1.807, 2.05) is 13.8 Å². The Labute approximate surface area is 113 Å². The number of carbonyl (C=O) groups excluding carboxylic acids is 1. The van der Waals surface area contributed by atoms with Crippen LogP contribution in [0.15, 0.2) is 18.2 Å². The molecule has 0 heterocycles. The Morgan fingerprint density at radius 2 is 2.16 bits per heavy atom. The van der Waals surface area contributed by atoms with E-state index in [0.717, 1.165) is 5.56 Å². The third kappa shape index (κ3) is 4.52. The first kappa shape index (κ1) is 15.4. The van der Waals surface area contributed by atoms with Crippen LogP contribution >= 0.6 is 0 Å². The van der Waals surface area contributed by atoms with E-state index in [9.17, 15) is 9.18 Å². The predicted molar refractivity (Wildman–Crippen MR) is 72.5 cm³/mol. The molecule has 4 nitrogen and oxygen atoms in total. The summed E-state index contributed by atoms with van der Waals surface area (Å²) in [6.07, 6.45) is 0.498. The zero-order chi connectivity index (χ0) is 14.4. The third-order valence-electron chi connectivity index (χ3n) is 2.96. The lowest BCUT2D eigenvalue weighted by molar-refractivity contribution is -0.123. The van der Waals surface area contributed by atoms with Gasteiger partial charge in [-0.25, -0.2) is 4.39 Å². The normalized spacial score (nSPS) is 12.3. The first-order valence-corrected chi connectivity index (χ1v) is 6.31. The SMILES string of the molecule is COc1ccc(F)cc1CCNC(=O)C(N)C(C)C. The largest absolute Gasteiger partial charge is 0.496 e. The summed E-state index contributed by atoms with van der Waals surface area (Å²) in [7, 11) is 1.53. The average molecular weight is 268 g/mol. The first-order valence-electron chi connectivity index (χ1n) is 6.31. The van der Waals surface area contributed by atoms with E-state index < -0.39 is 6.04 Å². The van der Waals surface area contributed by atoms with Crippen LogP contribution in [0.25, 0.3) is 0 Å². The van der Waals surface area contributed by atoms with Crippen LogP contribution in [-0.2, 0) is 11.2 Å². The topological polar surface area (TPSA) is 64.3 Å². The Balaban J connectivity index is 2.53. The van der Waals surface area contributed by atoms with Gasteiger partial charge < -0.3 is 15.8 Å². The number of nitrogens with one attached hydrogen (secondary N) is 1. The average Bonchev–Trinajstić information content (AvgIpc) is 2.37. The summed E-state index contributed by atoms with van der Waals surface area (Å²) in [5.74, 6) is 0.193. The second-order valence-corrected chi connectivity index (χ2v) is 4.77. The number of hydrogen-bond acceptors (Lipinski definition) is 3. The smallest absolute Gasteiger partial charge is 0.237 e. The molecule has 106 valence electrons. The molecular weight excluding hydrogens is 247 g/mol. The van der Waals surface area contributed by atoms with Crippen molar-refractivity contribution in [2.24, 2.45) is 11.7 Å². The molecule has 0 aromatic heterocycles. The highest BCUT2D eigenvalue weighted by atomic mass is 19.1. The maximum absolute atomic E-state index is 13.1. The molecule has 1 unspecified atom stereocenters. The maximum Gasteiger partial charge on any atom is 0.237 e. The van der Waals surface area contributed by atoms with Gasteiger partial charge in [0.15, 0.2) is 0 Å². The van der Waals surface area contributed by atoms with E-state index in [1.165, 1.54) is 19.2 Å². The standard InChI is InChI=1S/C14H21FN2O2/c1-9(2)13(16)14(18)17-7-6-10-8-11(15)4-5-12(10)19-3/h4-5,8-9,13H,6-7,16H2,1-3H3,(H,17,18). The lowest BCUT2D eigenvalue weighted by Crippen LogP contribution is -2.44. The molecule has 0 fully saturated rings. The van der Waals surface area contributed by atoms with Crippen molar-refractivity contribution in [3.63, 3.8) is 0 Å². The number of nitrogens with two attached hydrogens (primary N) is 1. The number of carbonyl (C=O) groups is 1. The van der Waals surface area contributed by atoms with Crippen molar-refractivity contribution < 1.29 is 13.9 Å². The fourth-order valence-electron chi connectivity index (χ4n) is 1.68. The molecule has 0 aliphatic rings. The van der Waals surface area contributed by atoms with Crippen LogP contribution in [0.3, 0.4) is 0 Å². The number of halogens is 1. The van der Waals surface area contributed by atoms with Gasteiger partial charge in [0.1, 0.15) is 11.6 Å². The zero-order valence-electron chi connectivity index (χ0n) is 11.6. The van der Waals surface area contributed by atoms with E-state index >= 15 is 0 Å². The Kier molecular flexibility index (Phi) is 5.76. The molecule has 0 radical (unpaired) electrons. The Hall–Kier alpha value is -1.62. The molecule has 0 aliphatic heterocycles. The molecule has 0 aliphatic carbocycles. The van der Waals surface area contributed by atoms with Crippen molar-refractivity contribution in [3.05, 3.63) is 29.6 Å². The van der Waals surface area contributed by atoms with Crippen LogP contribution in [0.5, 0.6) is 5.75 Å². The van der Waals surface area contributed by atoms with E-state index in [2.05, 4.69) is 5.32 Å². The summed E-state index contributed by atoms with van der Waals surface area (Å²) in [5.41, 5.74) is 6.45. The molecule has 0 spiro atoms. The van der Waals surface area contributed by atoms with Crippen LogP contribution in [0.1, 0.15) is 19.4 Å². The van der Waals surface area contributed by atoms with Gasteiger partial charge >= 0.3 is 0 Å². The van der Waals surface area contributed by atoms with Crippen molar-refractivity contribution in [2.45, 2.75) is 26.3 Å². The quantitative estimate of drug-likeness (QED) is 0.821. The Bertz CT molecular complexity index is 435. The highest BCUT2D eigenvalue weighted by Gasteiger charge is 2.16. The molecule has 1 aromatic rings. The molecule has 19 heavy (non-hydrogen) atoms. The lowest BCUT2D eigenvalue weighted by atomic mass is 10.0. The summed E-state index contributed by atoms with van der Waals surface area (Å²) < 4.78 is 18.3.